The lowest BCUT2D eigenvalue weighted by molar-refractivity contribution is -0.165. The van der Waals surface area contributed by atoms with Gasteiger partial charge in [0.1, 0.15) is 11.2 Å². The number of amides is 2. The van der Waals surface area contributed by atoms with Gasteiger partial charge < -0.3 is 24.8 Å². The van der Waals surface area contributed by atoms with Gasteiger partial charge in [-0.05, 0) is 61.3 Å². The van der Waals surface area contributed by atoms with Gasteiger partial charge in [-0.1, -0.05) is 0 Å². The molecule has 0 aliphatic rings. The Balaban J connectivity index is 5.54. The highest BCUT2D eigenvalue weighted by molar-refractivity contribution is 5.88. The average Bonchev–Trinajstić information content (AvgIpc) is 2.48. The van der Waals surface area contributed by atoms with Crippen molar-refractivity contribution in [2.24, 2.45) is 0 Å². The third kappa shape index (κ3) is 12.0. The molecule has 0 aliphatic heterocycles. The van der Waals surface area contributed by atoms with Gasteiger partial charge in [-0.15, -0.1) is 0 Å². The summed E-state index contributed by atoms with van der Waals surface area (Å²) in [4.78, 5) is 48.6. The van der Waals surface area contributed by atoms with Gasteiger partial charge in [-0.3, -0.25) is 9.59 Å². The van der Waals surface area contributed by atoms with Crippen molar-refractivity contribution in [3.63, 3.8) is 0 Å². The summed E-state index contributed by atoms with van der Waals surface area (Å²) in [5.41, 5.74) is -3.09. The first-order valence-corrected chi connectivity index (χ1v) is 9.75. The van der Waals surface area contributed by atoms with Gasteiger partial charge in [0.05, 0.1) is 13.2 Å². The number of esters is 2. The second-order valence-corrected chi connectivity index (χ2v) is 8.78. The minimum Gasteiger partial charge on any atom is -0.466 e. The Hall–Kier alpha value is -2.32. The lowest BCUT2D eigenvalue weighted by Crippen LogP contribution is -2.62. The maximum absolute atomic E-state index is 13.0. The zero-order chi connectivity index (χ0) is 22.9. The van der Waals surface area contributed by atoms with E-state index in [4.69, 9.17) is 14.2 Å². The molecule has 2 N–H and O–H groups in total. The van der Waals surface area contributed by atoms with E-state index in [2.05, 4.69) is 10.6 Å². The van der Waals surface area contributed by atoms with E-state index in [9.17, 15) is 19.2 Å². The Morgan fingerprint density at radius 3 is 1.90 bits per heavy atom. The molecule has 2 amide bonds. The highest BCUT2D eigenvalue weighted by atomic mass is 16.6. The van der Waals surface area contributed by atoms with Crippen LogP contribution in [-0.2, 0) is 28.6 Å². The topological polar surface area (TPSA) is 120 Å². The SMILES string of the molecule is CCOC(=O)CCCC(CNC(=O)OC(C)(C)C)(NC(C)=O)C(=O)OC(C)(C)C. The number of alkyl carbamates (subject to hydrolysis) is 1. The molecule has 0 aromatic rings. The maximum atomic E-state index is 13.0. The third-order valence-electron chi connectivity index (χ3n) is 3.43. The Kier molecular flexibility index (Phi) is 10.1. The quantitative estimate of drug-likeness (QED) is 0.437. The van der Waals surface area contributed by atoms with Crippen molar-refractivity contribution in [1.82, 2.24) is 10.6 Å². The van der Waals surface area contributed by atoms with Crippen molar-refractivity contribution in [3.05, 3.63) is 0 Å². The summed E-state index contributed by atoms with van der Waals surface area (Å²) in [6.45, 7) is 13.2. The first kappa shape index (κ1) is 26.7. The molecule has 1 atom stereocenters. The van der Waals surface area contributed by atoms with E-state index in [1.165, 1.54) is 6.92 Å². The van der Waals surface area contributed by atoms with Crippen LogP contribution in [0.5, 0.6) is 0 Å². The number of hydrogen-bond donors (Lipinski definition) is 2. The second-order valence-electron chi connectivity index (χ2n) is 8.78. The van der Waals surface area contributed by atoms with Crippen molar-refractivity contribution in [3.8, 4) is 0 Å². The number of carbonyl (C=O) groups excluding carboxylic acids is 4. The highest BCUT2D eigenvalue weighted by Crippen LogP contribution is 2.21. The molecule has 0 saturated heterocycles. The van der Waals surface area contributed by atoms with Gasteiger partial charge in [0, 0.05) is 13.3 Å². The predicted octanol–water partition coefficient (Wildman–Crippen LogP) is 2.46. The van der Waals surface area contributed by atoms with Crippen LogP contribution in [0.4, 0.5) is 4.79 Å². The van der Waals surface area contributed by atoms with Crippen LogP contribution in [0.2, 0.25) is 0 Å². The van der Waals surface area contributed by atoms with Crippen molar-refractivity contribution in [1.29, 1.82) is 0 Å². The first-order chi connectivity index (χ1) is 13.1. The van der Waals surface area contributed by atoms with Crippen LogP contribution in [0.15, 0.2) is 0 Å². The van der Waals surface area contributed by atoms with Gasteiger partial charge in [0.25, 0.3) is 0 Å². The van der Waals surface area contributed by atoms with Crippen LogP contribution in [0.25, 0.3) is 0 Å². The smallest absolute Gasteiger partial charge is 0.407 e. The fraction of sp³-hybridized carbons (Fsp3) is 0.800. The highest BCUT2D eigenvalue weighted by Gasteiger charge is 2.43. The maximum Gasteiger partial charge on any atom is 0.407 e. The minimum atomic E-state index is -1.55. The summed E-state index contributed by atoms with van der Waals surface area (Å²) in [5, 5.41) is 5.13. The molecule has 0 spiro atoms. The van der Waals surface area contributed by atoms with Gasteiger partial charge in [-0.25, -0.2) is 9.59 Å². The lowest BCUT2D eigenvalue weighted by Gasteiger charge is -2.35. The fourth-order valence-electron chi connectivity index (χ4n) is 2.44. The van der Waals surface area contributed by atoms with Gasteiger partial charge in [0.2, 0.25) is 5.91 Å². The summed E-state index contributed by atoms with van der Waals surface area (Å²) in [6.07, 6.45) is -0.365. The zero-order valence-electron chi connectivity index (χ0n) is 18.9. The van der Waals surface area contributed by atoms with E-state index in [0.717, 1.165) is 0 Å². The molecule has 168 valence electrons. The number of hydrogen-bond acceptors (Lipinski definition) is 7. The molecule has 9 heteroatoms. The molecule has 0 heterocycles. The van der Waals surface area contributed by atoms with E-state index in [-0.39, 0.29) is 32.4 Å². The molecule has 0 aromatic heterocycles. The number of ether oxygens (including phenoxy) is 3. The number of nitrogens with one attached hydrogen (secondary N) is 2. The molecule has 0 radical (unpaired) electrons. The van der Waals surface area contributed by atoms with Crippen LogP contribution in [-0.4, -0.2) is 53.8 Å². The van der Waals surface area contributed by atoms with Crippen LogP contribution < -0.4 is 10.6 Å². The van der Waals surface area contributed by atoms with E-state index < -0.39 is 40.7 Å². The van der Waals surface area contributed by atoms with Crippen molar-refractivity contribution < 1.29 is 33.4 Å². The Morgan fingerprint density at radius 2 is 1.45 bits per heavy atom. The van der Waals surface area contributed by atoms with E-state index in [1.54, 1.807) is 48.5 Å². The minimum absolute atomic E-state index is 0.0599. The third-order valence-corrected chi connectivity index (χ3v) is 3.43. The lowest BCUT2D eigenvalue weighted by atomic mass is 9.91. The predicted molar refractivity (Wildman–Crippen MR) is 107 cm³/mol. The molecule has 29 heavy (non-hydrogen) atoms. The average molecular weight is 417 g/mol. The molecule has 0 bridgehead atoms. The molecule has 0 saturated carbocycles. The fourth-order valence-corrected chi connectivity index (χ4v) is 2.44. The standard InChI is InChI=1S/C20H36N2O7/c1-9-27-15(24)11-10-12-20(22-14(2)23,16(25)28-18(3,4)5)13-21-17(26)29-19(6,7)8/h9-13H2,1-8H3,(H,21,26)(H,22,23). The summed E-state index contributed by atoms with van der Waals surface area (Å²) < 4.78 is 15.6. The van der Waals surface area contributed by atoms with Gasteiger partial charge in [-0.2, -0.15) is 0 Å². The van der Waals surface area contributed by atoms with E-state index in [0.29, 0.717) is 0 Å². The molecule has 1 unspecified atom stereocenters. The summed E-state index contributed by atoms with van der Waals surface area (Å²) in [5.74, 6) is -1.59. The summed E-state index contributed by atoms with van der Waals surface area (Å²) in [7, 11) is 0. The molecule has 0 rings (SSSR count). The van der Waals surface area contributed by atoms with Crippen molar-refractivity contribution >= 4 is 23.9 Å². The normalized spacial score (nSPS) is 13.7. The molecule has 0 aliphatic carbocycles. The van der Waals surface area contributed by atoms with Crippen LogP contribution in [0.3, 0.4) is 0 Å². The van der Waals surface area contributed by atoms with Crippen LogP contribution >= 0.6 is 0 Å². The van der Waals surface area contributed by atoms with Crippen molar-refractivity contribution in [2.45, 2.75) is 91.4 Å². The van der Waals surface area contributed by atoms with Crippen LogP contribution in [0.1, 0.15) is 74.7 Å². The largest absolute Gasteiger partial charge is 0.466 e. The Morgan fingerprint density at radius 1 is 0.897 bits per heavy atom. The summed E-state index contributed by atoms with van der Waals surface area (Å²) >= 11 is 0. The molecular weight excluding hydrogens is 380 g/mol. The molecule has 0 fully saturated rings. The zero-order valence-corrected chi connectivity index (χ0v) is 18.9. The molecular formula is C20H36N2O7. The first-order valence-electron chi connectivity index (χ1n) is 9.75. The molecule has 0 aromatic carbocycles. The monoisotopic (exact) mass is 416 g/mol. The Labute approximate surface area is 173 Å². The Bertz CT molecular complexity index is 591. The number of rotatable bonds is 9. The number of carbonyl (C=O) groups is 4. The van der Waals surface area contributed by atoms with Crippen molar-refractivity contribution in [2.75, 3.05) is 13.2 Å². The van der Waals surface area contributed by atoms with E-state index >= 15 is 0 Å². The molecule has 9 nitrogen and oxygen atoms in total. The van der Waals surface area contributed by atoms with E-state index in [1.807, 2.05) is 0 Å². The van der Waals surface area contributed by atoms with Gasteiger partial charge in [0.15, 0.2) is 5.54 Å². The van der Waals surface area contributed by atoms with Crippen LogP contribution in [0, 0.1) is 0 Å². The van der Waals surface area contributed by atoms with Gasteiger partial charge >= 0.3 is 18.0 Å². The summed E-state index contributed by atoms with van der Waals surface area (Å²) in [6, 6.07) is 0. The second kappa shape index (κ2) is 11.0.